The Kier molecular flexibility index (Phi) is 5.30. The number of nitrogens with zero attached hydrogens (tertiary/aromatic N) is 3. The molecule has 0 saturated carbocycles. The van der Waals surface area contributed by atoms with Crippen LogP contribution in [0.1, 0.15) is 27.1 Å². The molecule has 2 heterocycles. The third kappa shape index (κ3) is 3.48. The highest BCUT2D eigenvalue weighted by atomic mass is 35.5. The fourth-order valence-electron chi connectivity index (χ4n) is 4.19. The number of anilines is 2. The summed E-state index contributed by atoms with van der Waals surface area (Å²) in [6.45, 7) is 0.215. The molecular weight excluding hydrogens is 456 g/mol. The van der Waals surface area contributed by atoms with Gasteiger partial charge in [0.05, 0.1) is 32.9 Å². The summed E-state index contributed by atoms with van der Waals surface area (Å²) in [5, 5.41) is 2.90. The molecule has 1 aliphatic heterocycles. The maximum atomic E-state index is 12.7. The highest BCUT2D eigenvalue weighted by molar-refractivity contribution is 6.40. The molecule has 0 atom stereocenters. The van der Waals surface area contributed by atoms with Crippen molar-refractivity contribution in [2.24, 2.45) is 7.05 Å². The summed E-state index contributed by atoms with van der Waals surface area (Å²) < 4.78 is 3.11. The van der Waals surface area contributed by atoms with E-state index in [0.29, 0.717) is 16.8 Å². The van der Waals surface area contributed by atoms with E-state index in [-0.39, 0.29) is 35.3 Å². The van der Waals surface area contributed by atoms with Gasteiger partial charge in [-0.05, 0) is 42.5 Å². The van der Waals surface area contributed by atoms with Crippen LogP contribution >= 0.6 is 11.6 Å². The van der Waals surface area contributed by atoms with Crippen LogP contribution in [0.4, 0.5) is 11.4 Å². The smallest absolute Gasteiger partial charge is 0.326 e. The van der Waals surface area contributed by atoms with Gasteiger partial charge in [0.15, 0.2) is 0 Å². The number of fused-ring (bicyclic) bond motifs is 2. The number of halogens is 1. The first kappa shape index (κ1) is 21.7. The lowest BCUT2D eigenvalue weighted by Gasteiger charge is -2.16. The third-order valence-corrected chi connectivity index (χ3v) is 6.18. The molecular formula is C25H19ClN4O4. The maximum Gasteiger partial charge on any atom is 0.328 e. The summed E-state index contributed by atoms with van der Waals surface area (Å²) >= 11 is 6.38. The lowest BCUT2D eigenvalue weighted by molar-refractivity contribution is -0.116. The Labute approximate surface area is 199 Å². The van der Waals surface area contributed by atoms with Crippen molar-refractivity contribution in [3.8, 4) is 0 Å². The van der Waals surface area contributed by atoms with Gasteiger partial charge in [0.1, 0.15) is 0 Å². The van der Waals surface area contributed by atoms with Gasteiger partial charge in [-0.15, -0.1) is 0 Å². The largest absolute Gasteiger partial charge is 0.328 e. The summed E-state index contributed by atoms with van der Waals surface area (Å²) in [6.07, 6.45) is 0.0751. The monoisotopic (exact) mass is 474 g/mol. The minimum atomic E-state index is -0.445. The molecule has 4 aromatic rings. The van der Waals surface area contributed by atoms with E-state index in [1.807, 2.05) is 24.3 Å². The van der Waals surface area contributed by atoms with Crippen LogP contribution in [0.25, 0.3) is 11.0 Å². The molecule has 5 rings (SSSR count). The van der Waals surface area contributed by atoms with E-state index >= 15 is 0 Å². The molecule has 34 heavy (non-hydrogen) atoms. The van der Waals surface area contributed by atoms with Crippen LogP contribution in [0.5, 0.6) is 0 Å². The number of hydrogen-bond acceptors (Lipinski definition) is 4. The zero-order chi connectivity index (χ0) is 24.0. The molecule has 8 nitrogen and oxygen atoms in total. The van der Waals surface area contributed by atoms with Crippen molar-refractivity contribution in [1.29, 1.82) is 0 Å². The number of carbonyl (C=O) groups is 3. The zero-order valence-electron chi connectivity index (χ0n) is 18.1. The quantitative estimate of drug-likeness (QED) is 0.445. The van der Waals surface area contributed by atoms with Crippen LogP contribution in [0.15, 0.2) is 71.5 Å². The van der Waals surface area contributed by atoms with Crippen LogP contribution in [0.2, 0.25) is 5.02 Å². The van der Waals surface area contributed by atoms with Crippen molar-refractivity contribution in [2.45, 2.75) is 13.0 Å². The Morgan fingerprint density at radius 3 is 2.15 bits per heavy atom. The standard InChI is InChI=1S/C25H19ClN4O4/c1-28-20-8-4-5-9-21(20)29(25(28)34)13-12-22(31)27-15-10-11-19(18(26)14-15)30-23(32)16-6-2-3-7-17(16)24(30)33/h2-11,14H,12-13H2,1H3,(H,27,31). The predicted octanol–water partition coefficient (Wildman–Crippen LogP) is 3.82. The van der Waals surface area contributed by atoms with Crippen molar-refractivity contribution in [2.75, 3.05) is 10.2 Å². The number of carbonyl (C=O) groups excluding carboxylic acids is 3. The first-order valence-electron chi connectivity index (χ1n) is 10.6. The van der Waals surface area contributed by atoms with Crippen LogP contribution < -0.4 is 15.9 Å². The molecule has 3 amide bonds. The van der Waals surface area contributed by atoms with Gasteiger partial charge in [0, 0.05) is 25.7 Å². The molecule has 9 heteroatoms. The van der Waals surface area contributed by atoms with Crippen molar-refractivity contribution in [3.05, 3.63) is 93.4 Å². The molecule has 0 radical (unpaired) electrons. The third-order valence-electron chi connectivity index (χ3n) is 5.88. The Bertz CT molecular complexity index is 1520. The Morgan fingerprint density at radius 1 is 0.882 bits per heavy atom. The first-order valence-corrected chi connectivity index (χ1v) is 11.0. The lowest BCUT2D eigenvalue weighted by atomic mass is 10.1. The average Bonchev–Trinajstić information content (AvgIpc) is 3.23. The molecule has 0 bridgehead atoms. The van der Waals surface area contributed by atoms with Crippen molar-refractivity contribution < 1.29 is 14.4 Å². The Morgan fingerprint density at radius 2 is 1.50 bits per heavy atom. The average molecular weight is 475 g/mol. The Balaban J connectivity index is 1.30. The molecule has 0 saturated heterocycles. The molecule has 0 spiro atoms. The normalized spacial score (nSPS) is 12.9. The molecule has 0 unspecified atom stereocenters. The Hall–Kier alpha value is -4.17. The minimum absolute atomic E-state index is 0.0751. The number of aryl methyl sites for hydroxylation is 2. The second-order valence-corrected chi connectivity index (χ2v) is 8.34. The number of benzene rings is 3. The van der Waals surface area contributed by atoms with Gasteiger partial charge in [0.2, 0.25) is 5.91 Å². The van der Waals surface area contributed by atoms with E-state index in [1.54, 1.807) is 46.5 Å². The number of para-hydroxylation sites is 2. The lowest BCUT2D eigenvalue weighted by Crippen LogP contribution is -2.29. The maximum absolute atomic E-state index is 12.7. The highest BCUT2D eigenvalue weighted by Gasteiger charge is 2.37. The number of imide groups is 1. The second kappa shape index (κ2) is 8.31. The van der Waals surface area contributed by atoms with Crippen LogP contribution in [-0.4, -0.2) is 26.9 Å². The van der Waals surface area contributed by atoms with Gasteiger partial charge < -0.3 is 5.32 Å². The van der Waals surface area contributed by atoms with E-state index in [2.05, 4.69) is 5.32 Å². The molecule has 0 aliphatic carbocycles. The van der Waals surface area contributed by atoms with Crippen LogP contribution in [0, 0.1) is 0 Å². The fraction of sp³-hybridized carbons (Fsp3) is 0.120. The van der Waals surface area contributed by atoms with Crippen molar-refractivity contribution in [1.82, 2.24) is 9.13 Å². The number of nitrogens with one attached hydrogen (secondary N) is 1. The van der Waals surface area contributed by atoms with E-state index in [1.165, 1.54) is 12.1 Å². The van der Waals surface area contributed by atoms with Crippen LogP contribution in [0.3, 0.4) is 0 Å². The van der Waals surface area contributed by atoms with Gasteiger partial charge in [-0.3, -0.25) is 23.5 Å². The molecule has 170 valence electrons. The summed E-state index contributed by atoms with van der Waals surface area (Å²) in [5.41, 5.74) is 2.67. The first-order chi connectivity index (χ1) is 16.4. The second-order valence-electron chi connectivity index (χ2n) is 7.94. The minimum Gasteiger partial charge on any atom is -0.326 e. The van der Waals surface area contributed by atoms with E-state index in [4.69, 9.17) is 11.6 Å². The number of amides is 3. The molecule has 1 aromatic heterocycles. The van der Waals surface area contributed by atoms with Gasteiger partial charge in [0.25, 0.3) is 11.8 Å². The van der Waals surface area contributed by atoms with E-state index in [0.717, 1.165) is 15.9 Å². The SMILES string of the molecule is Cn1c(=O)n(CCC(=O)Nc2ccc(N3C(=O)c4ccccc4C3=O)c(Cl)c2)c2ccccc21. The summed E-state index contributed by atoms with van der Waals surface area (Å²) in [4.78, 5) is 51.5. The van der Waals surface area contributed by atoms with Crippen LogP contribution in [-0.2, 0) is 18.4 Å². The summed E-state index contributed by atoms with van der Waals surface area (Å²) in [7, 11) is 1.69. The summed E-state index contributed by atoms with van der Waals surface area (Å²) in [5.74, 6) is -1.19. The van der Waals surface area contributed by atoms with E-state index < -0.39 is 11.8 Å². The van der Waals surface area contributed by atoms with Gasteiger partial charge in [-0.2, -0.15) is 0 Å². The topological polar surface area (TPSA) is 93.4 Å². The van der Waals surface area contributed by atoms with Crippen molar-refractivity contribution >= 4 is 51.7 Å². The molecule has 3 aromatic carbocycles. The molecule has 0 fully saturated rings. The van der Waals surface area contributed by atoms with E-state index in [9.17, 15) is 19.2 Å². The zero-order valence-corrected chi connectivity index (χ0v) is 18.9. The van der Waals surface area contributed by atoms with Gasteiger partial charge in [-0.1, -0.05) is 35.9 Å². The predicted molar refractivity (Wildman–Crippen MR) is 129 cm³/mol. The summed E-state index contributed by atoms with van der Waals surface area (Å²) in [6, 6.07) is 18.6. The number of imidazole rings is 1. The van der Waals surface area contributed by atoms with Gasteiger partial charge >= 0.3 is 5.69 Å². The molecule has 1 N–H and O–H groups in total. The fourth-order valence-corrected chi connectivity index (χ4v) is 4.46. The molecule has 1 aliphatic rings. The van der Waals surface area contributed by atoms with Gasteiger partial charge in [-0.25, -0.2) is 9.69 Å². The number of hydrogen-bond donors (Lipinski definition) is 1. The van der Waals surface area contributed by atoms with Crippen molar-refractivity contribution in [3.63, 3.8) is 0 Å². The number of rotatable bonds is 5. The highest BCUT2D eigenvalue weighted by Crippen LogP contribution is 2.34. The number of aromatic nitrogens is 2.